The molecule has 0 amide bonds. The summed E-state index contributed by atoms with van der Waals surface area (Å²) in [7, 11) is 2.07. The molecule has 2 aromatic rings. The molecule has 3 nitrogen and oxygen atoms in total. The van der Waals surface area contributed by atoms with E-state index >= 15 is 0 Å². The van der Waals surface area contributed by atoms with Crippen LogP contribution in [0.2, 0.25) is 0 Å². The molecule has 1 fully saturated rings. The molecule has 0 N–H and O–H groups in total. The molecule has 2 heterocycles. The SMILES string of the molecule is CN1C=c2ccccc2=NCC12OC2c1ccccc1. The van der Waals surface area contributed by atoms with Gasteiger partial charge in [-0.25, -0.2) is 0 Å². The maximum Gasteiger partial charge on any atom is 0.191 e. The molecule has 0 aliphatic carbocycles. The molecular formula is C17H16N2O. The highest BCUT2D eigenvalue weighted by atomic mass is 16.6. The van der Waals surface area contributed by atoms with E-state index in [0.29, 0.717) is 6.54 Å². The number of hydrogen-bond acceptors (Lipinski definition) is 3. The first-order valence-electron chi connectivity index (χ1n) is 6.87. The summed E-state index contributed by atoms with van der Waals surface area (Å²) in [5, 5.41) is 2.19. The third kappa shape index (κ3) is 1.67. The van der Waals surface area contributed by atoms with E-state index in [4.69, 9.17) is 9.73 Å². The maximum atomic E-state index is 6.06. The van der Waals surface area contributed by atoms with E-state index in [1.807, 2.05) is 18.2 Å². The number of nitrogens with zero attached hydrogens (tertiary/aromatic N) is 2. The Morgan fingerprint density at radius 1 is 1.10 bits per heavy atom. The molecular weight excluding hydrogens is 248 g/mol. The fraction of sp³-hybridized carbons (Fsp3) is 0.235. The van der Waals surface area contributed by atoms with Gasteiger partial charge in [-0.05, 0) is 11.6 Å². The van der Waals surface area contributed by atoms with Gasteiger partial charge in [-0.3, -0.25) is 4.99 Å². The predicted octanol–water partition coefficient (Wildman–Crippen LogP) is 1.46. The second-order valence-corrected chi connectivity index (χ2v) is 5.37. The van der Waals surface area contributed by atoms with Crippen LogP contribution in [0.4, 0.5) is 0 Å². The van der Waals surface area contributed by atoms with Crippen molar-refractivity contribution in [3.8, 4) is 0 Å². The van der Waals surface area contributed by atoms with Crippen molar-refractivity contribution in [3.63, 3.8) is 0 Å². The van der Waals surface area contributed by atoms with Crippen LogP contribution in [0, 0.1) is 0 Å². The minimum Gasteiger partial charge on any atom is -0.348 e. The van der Waals surface area contributed by atoms with Crippen molar-refractivity contribution < 1.29 is 4.74 Å². The third-order valence-electron chi connectivity index (χ3n) is 4.12. The lowest BCUT2D eigenvalue weighted by molar-refractivity contribution is 0.175. The molecule has 3 heteroatoms. The zero-order valence-corrected chi connectivity index (χ0v) is 11.4. The minimum absolute atomic E-state index is 0.100. The Morgan fingerprint density at radius 3 is 2.70 bits per heavy atom. The number of para-hydroxylation sites is 1. The van der Waals surface area contributed by atoms with Crippen molar-refractivity contribution in [2.24, 2.45) is 4.99 Å². The molecule has 1 saturated heterocycles. The lowest BCUT2D eigenvalue weighted by Crippen LogP contribution is -2.34. The largest absolute Gasteiger partial charge is 0.348 e. The van der Waals surface area contributed by atoms with Gasteiger partial charge in [0.15, 0.2) is 5.72 Å². The average molecular weight is 264 g/mol. The summed E-state index contributed by atoms with van der Waals surface area (Å²) in [5.41, 5.74) is 0.898. The van der Waals surface area contributed by atoms with Crippen LogP contribution in [0.3, 0.4) is 0 Å². The maximum absolute atomic E-state index is 6.06. The van der Waals surface area contributed by atoms with Gasteiger partial charge in [-0.2, -0.15) is 0 Å². The summed E-state index contributed by atoms with van der Waals surface area (Å²) in [5.74, 6) is 0. The van der Waals surface area contributed by atoms with Crippen LogP contribution < -0.4 is 10.6 Å². The van der Waals surface area contributed by atoms with Gasteiger partial charge in [0.05, 0.1) is 11.9 Å². The number of ether oxygens (including phenoxy) is 1. The highest BCUT2D eigenvalue weighted by Crippen LogP contribution is 2.51. The van der Waals surface area contributed by atoms with E-state index in [1.165, 1.54) is 5.56 Å². The van der Waals surface area contributed by atoms with Crippen LogP contribution in [0.5, 0.6) is 0 Å². The Morgan fingerprint density at radius 2 is 1.85 bits per heavy atom. The third-order valence-corrected chi connectivity index (χ3v) is 4.12. The zero-order chi connectivity index (χ0) is 13.6. The number of fused-ring (bicyclic) bond motifs is 1. The van der Waals surface area contributed by atoms with Gasteiger partial charge in [0.1, 0.15) is 6.10 Å². The molecule has 0 radical (unpaired) electrons. The monoisotopic (exact) mass is 264 g/mol. The Labute approximate surface area is 117 Å². The first-order valence-corrected chi connectivity index (χ1v) is 6.87. The summed E-state index contributed by atoms with van der Waals surface area (Å²) in [6.45, 7) is 0.663. The summed E-state index contributed by atoms with van der Waals surface area (Å²) in [6, 6.07) is 18.6. The van der Waals surface area contributed by atoms with Crippen molar-refractivity contribution in [3.05, 3.63) is 70.7 Å². The second-order valence-electron chi connectivity index (χ2n) is 5.37. The number of likely N-dealkylation sites (N-methyl/N-ethyl adjacent to an activating group) is 1. The van der Waals surface area contributed by atoms with Crippen molar-refractivity contribution in [1.82, 2.24) is 4.90 Å². The molecule has 0 aromatic heterocycles. The fourth-order valence-electron chi connectivity index (χ4n) is 2.88. The lowest BCUT2D eigenvalue weighted by atomic mass is 10.1. The van der Waals surface area contributed by atoms with Crippen molar-refractivity contribution in [2.45, 2.75) is 11.8 Å². The lowest BCUT2D eigenvalue weighted by Gasteiger charge is -2.21. The van der Waals surface area contributed by atoms with Gasteiger partial charge < -0.3 is 9.64 Å². The molecule has 0 saturated carbocycles. The van der Waals surface area contributed by atoms with Gasteiger partial charge in [0.2, 0.25) is 0 Å². The molecule has 2 aliphatic heterocycles. The second kappa shape index (κ2) is 4.18. The van der Waals surface area contributed by atoms with E-state index < -0.39 is 0 Å². The minimum atomic E-state index is -0.319. The average Bonchev–Trinajstić information content (AvgIpc) is 3.25. The molecule has 2 atom stereocenters. The number of epoxide rings is 1. The van der Waals surface area contributed by atoms with Crippen LogP contribution in [-0.2, 0) is 4.74 Å². The quantitative estimate of drug-likeness (QED) is 0.729. The normalized spacial score (nSPS) is 27.2. The first-order chi connectivity index (χ1) is 9.79. The molecule has 1 spiro atoms. The fourth-order valence-corrected chi connectivity index (χ4v) is 2.88. The van der Waals surface area contributed by atoms with E-state index in [0.717, 1.165) is 10.6 Å². The Kier molecular flexibility index (Phi) is 2.44. The van der Waals surface area contributed by atoms with Gasteiger partial charge in [-0.1, -0.05) is 48.5 Å². The van der Waals surface area contributed by atoms with Crippen LogP contribution in [0.25, 0.3) is 6.20 Å². The summed E-state index contributed by atoms with van der Waals surface area (Å²) < 4.78 is 6.06. The smallest absolute Gasteiger partial charge is 0.191 e. The van der Waals surface area contributed by atoms with Crippen molar-refractivity contribution in [1.29, 1.82) is 0 Å². The molecule has 2 aliphatic rings. The van der Waals surface area contributed by atoms with Gasteiger partial charge in [0.25, 0.3) is 0 Å². The Bertz CT molecular complexity index is 756. The van der Waals surface area contributed by atoms with E-state index in [9.17, 15) is 0 Å². The summed E-state index contributed by atoms with van der Waals surface area (Å²) in [6.07, 6.45) is 2.23. The zero-order valence-electron chi connectivity index (χ0n) is 11.4. The Balaban J connectivity index is 1.75. The predicted molar refractivity (Wildman–Crippen MR) is 77.3 cm³/mol. The first kappa shape index (κ1) is 11.7. The number of benzene rings is 2. The molecule has 2 aromatic carbocycles. The van der Waals surface area contributed by atoms with Gasteiger partial charge in [0, 0.05) is 18.5 Å². The highest BCUT2D eigenvalue weighted by molar-refractivity contribution is 5.33. The van der Waals surface area contributed by atoms with E-state index in [1.54, 1.807) is 0 Å². The molecule has 2 unspecified atom stereocenters. The summed E-state index contributed by atoms with van der Waals surface area (Å²) >= 11 is 0. The van der Waals surface area contributed by atoms with Crippen LogP contribution in [0.1, 0.15) is 11.7 Å². The van der Waals surface area contributed by atoms with Crippen molar-refractivity contribution in [2.75, 3.05) is 13.6 Å². The molecule has 20 heavy (non-hydrogen) atoms. The van der Waals surface area contributed by atoms with Gasteiger partial charge in [-0.15, -0.1) is 0 Å². The highest BCUT2D eigenvalue weighted by Gasteiger charge is 2.60. The molecule has 4 rings (SSSR count). The van der Waals surface area contributed by atoms with Crippen LogP contribution in [0.15, 0.2) is 59.6 Å². The Hall–Kier alpha value is -2.13. The molecule has 100 valence electrons. The van der Waals surface area contributed by atoms with E-state index in [-0.39, 0.29) is 11.8 Å². The van der Waals surface area contributed by atoms with Gasteiger partial charge >= 0.3 is 0 Å². The van der Waals surface area contributed by atoms with Crippen molar-refractivity contribution >= 4 is 6.20 Å². The van der Waals surface area contributed by atoms with Crippen LogP contribution in [-0.4, -0.2) is 24.2 Å². The standard InChI is InChI=1S/C17H16N2O/c1-19-11-14-9-5-6-10-15(14)18-12-17(19)16(20-17)13-7-3-2-4-8-13/h2-11,16H,12H2,1H3. The number of hydrogen-bond donors (Lipinski definition) is 0. The number of rotatable bonds is 1. The summed E-state index contributed by atoms with van der Waals surface area (Å²) in [4.78, 5) is 6.90. The van der Waals surface area contributed by atoms with Crippen LogP contribution >= 0.6 is 0 Å². The van der Waals surface area contributed by atoms with E-state index in [2.05, 4.69) is 54.5 Å². The molecule has 0 bridgehead atoms. The topological polar surface area (TPSA) is 28.1 Å².